The number of hydrogen-bond donors (Lipinski definition) is 2. The van der Waals surface area contributed by atoms with Crippen molar-refractivity contribution < 1.29 is 18.3 Å². The first-order chi connectivity index (χ1) is 7.61. The van der Waals surface area contributed by atoms with Gasteiger partial charge in [0.15, 0.2) is 11.1 Å². The first-order valence-corrected chi connectivity index (χ1v) is 7.28. The molecular formula is C10H20O4S2. The molecule has 0 radical (unpaired) electrons. The van der Waals surface area contributed by atoms with E-state index in [4.69, 9.17) is 9.29 Å². The number of ether oxygens (including phenoxy) is 1. The zero-order valence-electron chi connectivity index (χ0n) is 9.55. The second kappa shape index (κ2) is 10.1. The van der Waals surface area contributed by atoms with E-state index in [0.717, 1.165) is 6.42 Å². The third kappa shape index (κ3) is 8.13. The Morgan fingerprint density at radius 3 is 2.62 bits per heavy atom. The molecule has 2 atom stereocenters. The highest BCUT2D eigenvalue weighted by atomic mass is 32.2. The van der Waals surface area contributed by atoms with Gasteiger partial charge in [-0.25, -0.2) is 4.21 Å². The molecule has 4 nitrogen and oxygen atoms in total. The predicted molar refractivity (Wildman–Crippen MR) is 68.1 cm³/mol. The van der Waals surface area contributed by atoms with Crippen molar-refractivity contribution in [1.82, 2.24) is 0 Å². The number of thiol groups is 1. The minimum atomic E-state index is -1.79. The zero-order valence-corrected chi connectivity index (χ0v) is 11.3. The van der Waals surface area contributed by atoms with Gasteiger partial charge in [0.25, 0.3) is 0 Å². The van der Waals surface area contributed by atoms with Crippen LogP contribution in [0, 0.1) is 0 Å². The van der Waals surface area contributed by atoms with Crippen LogP contribution in [0.25, 0.3) is 0 Å². The monoisotopic (exact) mass is 268 g/mol. The highest BCUT2D eigenvalue weighted by Crippen LogP contribution is 2.12. The molecule has 0 aliphatic rings. The first-order valence-electron chi connectivity index (χ1n) is 5.48. The van der Waals surface area contributed by atoms with Gasteiger partial charge >= 0.3 is 5.97 Å². The molecule has 0 bridgehead atoms. The average Bonchev–Trinajstić information content (AvgIpc) is 2.22. The van der Waals surface area contributed by atoms with Crippen LogP contribution in [0.4, 0.5) is 0 Å². The van der Waals surface area contributed by atoms with Crippen molar-refractivity contribution in [3.63, 3.8) is 0 Å². The highest BCUT2D eigenvalue weighted by molar-refractivity contribution is 7.81. The summed E-state index contributed by atoms with van der Waals surface area (Å²) >= 11 is 2.25. The van der Waals surface area contributed by atoms with E-state index in [1.807, 2.05) is 0 Å². The number of unbranched alkanes of at least 4 members (excludes halogenated alkanes) is 1. The fourth-order valence-corrected chi connectivity index (χ4v) is 2.54. The van der Waals surface area contributed by atoms with E-state index in [1.165, 1.54) is 0 Å². The van der Waals surface area contributed by atoms with Gasteiger partial charge in [-0.2, -0.15) is 12.6 Å². The Morgan fingerprint density at radius 1 is 1.44 bits per heavy atom. The summed E-state index contributed by atoms with van der Waals surface area (Å²) in [7, 11) is 0. The molecule has 0 amide bonds. The Morgan fingerprint density at radius 2 is 2.12 bits per heavy atom. The number of hydrogen-bond acceptors (Lipinski definition) is 4. The third-order valence-corrected chi connectivity index (χ3v) is 3.50. The van der Waals surface area contributed by atoms with Gasteiger partial charge in [-0.1, -0.05) is 6.42 Å². The molecule has 96 valence electrons. The van der Waals surface area contributed by atoms with Crippen molar-refractivity contribution in [1.29, 1.82) is 0 Å². The molecule has 2 unspecified atom stereocenters. The maximum atomic E-state index is 11.0. The normalized spacial score (nSPS) is 14.4. The quantitative estimate of drug-likeness (QED) is 0.291. The van der Waals surface area contributed by atoms with E-state index in [1.54, 1.807) is 6.92 Å². The van der Waals surface area contributed by atoms with Gasteiger partial charge in [-0.15, -0.1) is 0 Å². The molecule has 0 fully saturated rings. The molecule has 0 saturated heterocycles. The second-order valence-corrected chi connectivity index (χ2v) is 5.13. The smallest absolute Gasteiger partial charge is 0.305 e. The Balaban J connectivity index is 3.62. The van der Waals surface area contributed by atoms with Gasteiger partial charge in [0, 0.05) is 6.42 Å². The lowest BCUT2D eigenvalue weighted by atomic mass is 10.1. The minimum absolute atomic E-state index is 0.196. The average molecular weight is 268 g/mol. The molecule has 6 heteroatoms. The lowest BCUT2D eigenvalue weighted by Gasteiger charge is -2.10. The van der Waals surface area contributed by atoms with Crippen LogP contribution >= 0.6 is 12.6 Å². The number of esters is 1. The van der Waals surface area contributed by atoms with E-state index in [9.17, 15) is 9.00 Å². The molecule has 0 rings (SSSR count). The molecule has 16 heavy (non-hydrogen) atoms. The van der Waals surface area contributed by atoms with Crippen LogP contribution in [0.2, 0.25) is 0 Å². The van der Waals surface area contributed by atoms with Crippen molar-refractivity contribution in [2.45, 2.75) is 44.3 Å². The molecule has 0 saturated carbocycles. The van der Waals surface area contributed by atoms with E-state index < -0.39 is 11.1 Å². The summed E-state index contributed by atoms with van der Waals surface area (Å²) in [4.78, 5) is 11.0. The summed E-state index contributed by atoms with van der Waals surface area (Å²) in [6.45, 7) is 2.18. The highest BCUT2D eigenvalue weighted by Gasteiger charge is 2.13. The summed E-state index contributed by atoms with van der Waals surface area (Å²) in [5, 5.41) is -0.223. The number of rotatable bonds is 9. The summed E-state index contributed by atoms with van der Waals surface area (Å²) in [5.74, 6) is 0.410. The lowest BCUT2D eigenvalue weighted by molar-refractivity contribution is -0.143. The molecule has 0 heterocycles. The maximum absolute atomic E-state index is 11.0. The van der Waals surface area contributed by atoms with Crippen LogP contribution in [-0.4, -0.2) is 32.3 Å². The summed E-state index contributed by atoms with van der Waals surface area (Å²) in [5.41, 5.74) is 0. The van der Waals surface area contributed by atoms with Gasteiger partial charge < -0.3 is 9.29 Å². The lowest BCUT2D eigenvalue weighted by Crippen LogP contribution is -2.15. The summed E-state index contributed by atoms with van der Waals surface area (Å²) in [6.07, 6.45) is 3.15. The van der Waals surface area contributed by atoms with Gasteiger partial charge in [-0.05, 0) is 31.9 Å². The van der Waals surface area contributed by atoms with Gasteiger partial charge in [-0.3, -0.25) is 4.79 Å². The molecule has 0 aromatic carbocycles. The predicted octanol–water partition coefficient (Wildman–Crippen LogP) is 2.02. The van der Waals surface area contributed by atoms with Crippen LogP contribution in [0.1, 0.15) is 39.0 Å². The Kier molecular flexibility index (Phi) is 10.1. The fourth-order valence-electron chi connectivity index (χ4n) is 1.36. The molecule has 0 spiro atoms. The fraction of sp³-hybridized carbons (Fsp3) is 0.900. The van der Waals surface area contributed by atoms with E-state index in [-0.39, 0.29) is 11.2 Å². The SMILES string of the molecule is CCOC(=O)CCCCC(CCS)S(=O)O. The van der Waals surface area contributed by atoms with Gasteiger partial charge in [0.2, 0.25) is 0 Å². The molecule has 0 aliphatic heterocycles. The topological polar surface area (TPSA) is 63.6 Å². The number of carbonyl (C=O) groups excluding carboxylic acids is 1. The van der Waals surface area contributed by atoms with Crippen molar-refractivity contribution in [2.24, 2.45) is 0 Å². The van der Waals surface area contributed by atoms with Crippen molar-refractivity contribution in [3.8, 4) is 0 Å². The summed E-state index contributed by atoms with van der Waals surface area (Å²) in [6, 6.07) is 0. The third-order valence-electron chi connectivity index (χ3n) is 2.20. The van der Waals surface area contributed by atoms with E-state index >= 15 is 0 Å². The van der Waals surface area contributed by atoms with Crippen molar-refractivity contribution >= 4 is 29.7 Å². The number of carbonyl (C=O) groups is 1. The van der Waals surface area contributed by atoms with Gasteiger partial charge in [0.1, 0.15) is 0 Å². The molecule has 0 aromatic heterocycles. The van der Waals surface area contributed by atoms with Crippen molar-refractivity contribution in [2.75, 3.05) is 12.4 Å². The molecular weight excluding hydrogens is 248 g/mol. The largest absolute Gasteiger partial charge is 0.466 e. The second-order valence-electron chi connectivity index (χ2n) is 3.46. The Labute approximate surface area is 105 Å². The van der Waals surface area contributed by atoms with Gasteiger partial charge in [0.05, 0.1) is 11.9 Å². The van der Waals surface area contributed by atoms with Crippen LogP contribution in [-0.2, 0) is 20.6 Å². The van der Waals surface area contributed by atoms with E-state index in [0.29, 0.717) is 38.0 Å². The molecule has 1 N–H and O–H groups in total. The Hall–Kier alpha value is -0.0700. The van der Waals surface area contributed by atoms with Crippen molar-refractivity contribution in [3.05, 3.63) is 0 Å². The molecule has 0 aliphatic carbocycles. The van der Waals surface area contributed by atoms with Crippen LogP contribution in [0.5, 0.6) is 0 Å². The molecule has 0 aromatic rings. The Bertz CT molecular complexity index is 221. The standard InChI is InChI=1S/C10H20O4S2/c1-2-14-10(11)6-4-3-5-9(7-8-15)16(12)13/h9,15H,2-8H2,1H3,(H,12,13). The van der Waals surface area contributed by atoms with E-state index in [2.05, 4.69) is 12.6 Å². The minimum Gasteiger partial charge on any atom is -0.466 e. The maximum Gasteiger partial charge on any atom is 0.305 e. The summed E-state index contributed by atoms with van der Waals surface area (Å²) < 4.78 is 24.7. The zero-order chi connectivity index (χ0) is 12.4. The first kappa shape index (κ1) is 15.9. The van der Waals surface area contributed by atoms with Crippen LogP contribution in [0.3, 0.4) is 0 Å². The van der Waals surface area contributed by atoms with Crippen LogP contribution < -0.4 is 0 Å². The van der Waals surface area contributed by atoms with Crippen LogP contribution in [0.15, 0.2) is 0 Å².